The van der Waals surface area contributed by atoms with Gasteiger partial charge < -0.3 is 10.5 Å². The standard InChI is InChI=1S/C11H13NO/c12-7-5-9-6-8-13-11-4-2-1-3-10(9)11/h1-4,6H,5,7-8,12H2. The van der Waals surface area contributed by atoms with E-state index in [-0.39, 0.29) is 0 Å². The molecule has 0 aromatic heterocycles. The van der Waals surface area contributed by atoms with Gasteiger partial charge >= 0.3 is 0 Å². The van der Waals surface area contributed by atoms with Crippen LogP contribution in [0.15, 0.2) is 30.3 Å². The van der Waals surface area contributed by atoms with E-state index in [2.05, 4.69) is 12.1 Å². The Hall–Kier alpha value is -1.28. The molecule has 1 aromatic rings. The van der Waals surface area contributed by atoms with Crippen LogP contribution in [0.4, 0.5) is 0 Å². The highest BCUT2D eigenvalue weighted by molar-refractivity contribution is 5.72. The first-order valence-electron chi connectivity index (χ1n) is 4.53. The van der Waals surface area contributed by atoms with Gasteiger partial charge in [-0.3, -0.25) is 0 Å². The molecule has 13 heavy (non-hydrogen) atoms. The van der Waals surface area contributed by atoms with Gasteiger partial charge in [-0.15, -0.1) is 0 Å². The van der Waals surface area contributed by atoms with Crippen molar-refractivity contribution in [2.24, 2.45) is 5.73 Å². The fourth-order valence-corrected chi connectivity index (χ4v) is 1.59. The predicted molar refractivity (Wildman–Crippen MR) is 53.6 cm³/mol. The summed E-state index contributed by atoms with van der Waals surface area (Å²) < 4.78 is 5.48. The van der Waals surface area contributed by atoms with Gasteiger partial charge in [-0.25, -0.2) is 0 Å². The maximum atomic E-state index is 5.53. The van der Waals surface area contributed by atoms with E-state index >= 15 is 0 Å². The molecule has 0 fully saturated rings. The molecule has 0 bridgehead atoms. The maximum absolute atomic E-state index is 5.53. The van der Waals surface area contributed by atoms with Gasteiger partial charge in [0.25, 0.3) is 0 Å². The fraction of sp³-hybridized carbons (Fsp3) is 0.273. The molecular weight excluding hydrogens is 162 g/mol. The molecule has 1 aliphatic rings. The molecule has 0 atom stereocenters. The molecule has 0 spiro atoms. The van der Waals surface area contributed by atoms with E-state index in [1.807, 2.05) is 18.2 Å². The molecule has 1 aliphatic heterocycles. The minimum Gasteiger partial charge on any atom is -0.489 e. The van der Waals surface area contributed by atoms with E-state index in [0.29, 0.717) is 13.2 Å². The molecule has 0 amide bonds. The molecular formula is C11H13NO. The van der Waals surface area contributed by atoms with Crippen molar-refractivity contribution in [3.63, 3.8) is 0 Å². The summed E-state index contributed by atoms with van der Waals surface area (Å²) in [4.78, 5) is 0. The highest BCUT2D eigenvalue weighted by atomic mass is 16.5. The molecule has 0 aliphatic carbocycles. The van der Waals surface area contributed by atoms with Crippen LogP contribution >= 0.6 is 0 Å². The molecule has 1 aromatic carbocycles. The number of ether oxygens (including phenoxy) is 1. The highest BCUT2D eigenvalue weighted by Crippen LogP contribution is 2.30. The summed E-state index contributed by atoms with van der Waals surface area (Å²) in [6.45, 7) is 1.37. The van der Waals surface area contributed by atoms with Crippen molar-refractivity contribution in [2.75, 3.05) is 13.2 Å². The third-order valence-corrected chi connectivity index (χ3v) is 2.22. The second kappa shape index (κ2) is 3.62. The second-order valence-corrected chi connectivity index (χ2v) is 3.08. The summed E-state index contributed by atoms with van der Waals surface area (Å²) in [5.74, 6) is 0.980. The van der Waals surface area contributed by atoms with Gasteiger partial charge in [0.1, 0.15) is 12.4 Å². The molecule has 0 radical (unpaired) electrons. The number of hydrogen-bond donors (Lipinski definition) is 1. The number of hydrogen-bond acceptors (Lipinski definition) is 2. The van der Waals surface area contributed by atoms with Crippen LogP contribution in [0.5, 0.6) is 5.75 Å². The third-order valence-electron chi connectivity index (χ3n) is 2.22. The van der Waals surface area contributed by atoms with Crippen LogP contribution in [-0.4, -0.2) is 13.2 Å². The average molecular weight is 175 g/mol. The van der Waals surface area contributed by atoms with Crippen LogP contribution in [0.25, 0.3) is 5.57 Å². The Balaban J connectivity index is 2.36. The van der Waals surface area contributed by atoms with E-state index < -0.39 is 0 Å². The minimum absolute atomic E-state index is 0.673. The first-order valence-corrected chi connectivity index (χ1v) is 4.53. The highest BCUT2D eigenvalue weighted by Gasteiger charge is 2.11. The van der Waals surface area contributed by atoms with Crippen molar-refractivity contribution in [2.45, 2.75) is 6.42 Å². The molecule has 0 saturated heterocycles. The van der Waals surface area contributed by atoms with Crippen LogP contribution in [0, 0.1) is 0 Å². The van der Waals surface area contributed by atoms with Gasteiger partial charge in [-0.2, -0.15) is 0 Å². The van der Waals surface area contributed by atoms with Crippen LogP contribution in [0.3, 0.4) is 0 Å². The molecule has 2 N–H and O–H groups in total. The van der Waals surface area contributed by atoms with Gasteiger partial charge in [0, 0.05) is 5.56 Å². The van der Waals surface area contributed by atoms with Crippen molar-refractivity contribution in [3.8, 4) is 5.75 Å². The fourth-order valence-electron chi connectivity index (χ4n) is 1.59. The first kappa shape index (κ1) is 8.32. The molecule has 0 unspecified atom stereocenters. The number of para-hydroxylation sites is 1. The Kier molecular flexibility index (Phi) is 2.32. The Morgan fingerprint density at radius 2 is 2.15 bits per heavy atom. The van der Waals surface area contributed by atoms with Crippen LogP contribution in [-0.2, 0) is 0 Å². The topological polar surface area (TPSA) is 35.2 Å². The SMILES string of the molecule is NCCC1=CCOc2ccccc21. The minimum atomic E-state index is 0.673. The van der Waals surface area contributed by atoms with E-state index in [9.17, 15) is 0 Å². The summed E-state index contributed by atoms with van der Waals surface area (Å²) in [6.07, 6.45) is 3.04. The van der Waals surface area contributed by atoms with E-state index in [4.69, 9.17) is 10.5 Å². The van der Waals surface area contributed by atoms with Crippen molar-refractivity contribution in [1.29, 1.82) is 0 Å². The summed E-state index contributed by atoms with van der Waals surface area (Å²) in [5, 5.41) is 0. The van der Waals surface area contributed by atoms with Gasteiger partial charge in [0.05, 0.1) is 0 Å². The van der Waals surface area contributed by atoms with Crippen LogP contribution in [0.2, 0.25) is 0 Å². The van der Waals surface area contributed by atoms with Gasteiger partial charge in [-0.05, 0) is 30.7 Å². The zero-order chi connectivity index (χ0) is 9.10. The zero-order valence-electron chi connectivity index (χ0n) is 7.49. The smallest absolute Gasteiger partial charge is 0.127 e. The summed E-state index contributed by atoms with van der Waals surface area (Å²) in [6, 6.07) is 8.09. The Bertz CT molecular complexity index is 331. The van der Waals surface area contributed by atoms with E-state index in [1.54, 1.807) is 0 Å². The van der Waals surface area contributed by atoms with Gasteiger partial charge in [0.2, 0.25) is 0 Å². The predicted octanol–water partition coefficient (Wildman–Crippen LogP) is 1.81. The van der Waals surface area contributed by atoms with Gasteiger partial charge in [-0.1, -0.05) is 18.2 Å². The summed E-state index contributed by atoms with van der Waals surface area (Å²) >= 11 is 0. The zero-order valence-corrected chi connectivity index (χ0v) is 7.49. The van der Waals surface area contributed by atoms with Gasteiger partial charge in [0.15, 0.2) is 0 Å². The lowest BCUT2D eigenvalue weighted by Crippen LogP contribution is -2.07. The van der Waals surface area contributed by atoms with E-state index in [1.165, 1.54) is 11.1 Å². The van der Waals surface area contributed by atoms with E-state index in [0.717, 1.165) is 12.2 Å². The second-order valence-electron chi connectivity index (χ2n) is 3.08. The lowest BCUT2D eigenvalue weighted by atomic mass is 10.00. The Morgan fingerprint density at radius 1 is 1.31 bits per heavy atom. The van der Waals surface area contributed by atoms with Crippen molar-refractivity contribution in [3.05, 3.63) is 35.9 Å². The molecule has 2 rings (SSSR count). The molecule has 0 saturated carbocycles. The van der Waals surface area contributed by atoms with Crippen LogP contribution in [0.1, 0.15) is 12.0 Å². The van der Waals surface area contributed by atoms with Crippen LogP contribution < -0.4 is 10.5 Å². The summed E-state index contributed by atoms with van der Waals surface area (Å²) in [5.41, 5.74) is 8.04. The summed E-state index contributed by atoms with van der Waals surface area (Å²) in [7, 11) is 0. The lowest BCUT2D eigenvalue weighted by molar-refractivity contribution is 0.356. The largest absolute Gasteiger partial charge is 0.489 e. The van der Waals surface area contributed by atoms with Crippen molar-refractivity contribution in [1.82, 2.24) is 0 Å². The number of rotatable bonds is 2. The Labute approximate surface area is 78.0 Å². The first-order chi connectivity index (χ1) is 6.42. The number of nitrogens with two attached hydrogens (primary N) is 1. The van der Waals surface area contributed by atoms with Crippen molar-refractivity contribution >= 4 is 5.57 Å². The molecule has 1 heterocycles. The maximum Gasteiger partial charge on any atom is 0.127 e. The number of benzene rings is 1. The molecule has 2 nitrogen and oxygen atoms in total. The van der Waals surface area contributed by atoms with Crippen molar-refractivity contribution < 1.29 is 4.74 Å². The third kappa shape index (κ3) is 1.58. The normalized spacial score (nSPS) is 14.4. The molecule has 68 valence electrons. The number of fused-ring (bicyclic) bond motifs is 1. The Morgan fingerprint density at radius 3 is 3.00 bits per heavy atom. The lowest BCUT2D eigenvalue weighted by Gasteiger charge is -2.17. The molecule has 2 heteroatoms. The quantitative estimate of drug-likeness (QED) is 0.744. The monoisotopic (exact) mass is 175 g/mol. The average Bonchev–Trinajstić information content (AvgIpc) is 2.19.